The maximum absolute atomic E-state index is 11.0. The first-order valence-corrected chi connectivity index (χ1v) is 5.65. The molecule has 0 radical (unpaired) electrons. The first-order chi connectivity index (χ1) is 7.68. The summed E-state index contributed by atoms with van der Waals surface area (Å²) >= 11 is 0. The van der Waals surface area contributed by atoms with Crippen molar-refractivity contribution in [1.29, 1.82) is 0 Å². The van der Waals surface area contributed by atoms with Crippen molar-refractivity contribution in [2.75, 3.05) is 0 Å². The van der Waals surface area contributed by atoms with Gasteiger partial charge in [0.15, 0.2) is 0 Å². The Labute approximate surface area is 95.6 Å². The highest BCUT2D eigenvalue weighted by Gasteiger charge is 2.28. The zero-order chi connectivity index (χ0) is 11.5. The summed E-state index contributed by atoms with van der Waals surface area (Å²) in [5.74, 6) is -0.666. The molecule has 1 aromatic rings. The fourth-order valence-corrected chi connectivity index (χ4v) is 2.31. The minimum absolute atomic E-state index is 0.215. The van der Waals surface area contributed by atoms with E-state index in [1.165, 1.54) is 11.1 Å². The summed E-state index contributed by atoms with van der Waals surface area (Å²) in [7, 11) is 0. The molecule has 2 heteroatoms. The van der Waals surface area contributed by atoms with Gasteiger partial charge >= 0.3 is 5.97 Å². The van der Waals surface area contributed by atoms with Crippen molar-refractivity contribution in [3.05, 3.63) is 42.0 Å². The van der Waals surface area contributed by atoms with Crippen LogP contribution in [0.2, 0.25) is 0 Å². The highest BCUT2D eigenvalue weighted by atomic mass is 16.4. The number of allylic oxidation sites excluding steroid dienone is 2. The van der Waals surface area contributed by atoms with E-state index < -0.39 is 5.97 Å². The van der Waals surface area contributed by atoms with Crippen molar-refractivity contribution in [3.63, 3.8) is 0 Å². The highest BCUT2D eigenvalue weighted by Crippen LogP contribution is 2.34. The third-order valence-electron chi connectivity index (χ3n) is 3.31. The minimum Gasteiger partial charge on any atom is -0.481 e. The van der Waals surface area contributed by atoms with E-state index in [0.29, 0.717) is 6.42 Å². The molecule has 0 unspecified atom stereocenters. The van der Waals surface area contributed by atoms with E-state index in [0.717, 1.165) is 6.42 Å². The third kappa shape index (κ3) is 2.16. The molecule has 2 atom stereocenters. The zero-order valence-electron chi connectivity index (χ0n) is 9.39. The summed E-state index contributed by atoms with van der Waals surface area (Å²) in [5.41, 5.74) is 2.50. The molecule has 1 aromatic carbocycles. The van der Waals surface area contributed by atoms with Gasteiger partial charge in [-0.1, -0.05) is 43.3 Å². The second kappa shape index (κ2) is 4.52. The average molecular weight is 216 g/mol. The molecule has 0 fully saturated rings. The lowest BCUT2D eigenvalue weighted by Gasteiger charge is -2.25. The van der Waals surface area contributed by atoms with Gasteiger partial charge in [-0.05, 0) is 29.9 Å². The number of hydrogen-bond donors (Lipinski definition) is 1. The molecule has 0 saturated heterocycles. The van der Waals surface area contributed by atoms with Crippen LogP contribution in [0.5, 0.6) is 0 Å². The molecule has 84 valence electrons. The molecular formula is C14H16O2. The van der Waals surface area contributed by atoms with Gasteiger partial charge in [-0.3, -0.25) is 4.79 Å². The molecule has 2 rings (SSSR count). The maximum atomic E-state index is 11.0. The van der Waals surface area contributed by atoms with E-state index >= 15 is 0 Å². The molecule has 0 aromatic heterocycles. The molecule has 0 amide bonds. The number of carboxylic acid groups (broad SMARTS) is 1. The fraction of sp³-hybridized carbons (Fsp3) is 0.357. The summed E-state index contributed by atoms with van der Waals surface area (Å²) in [5, 5.41) is 9.04. The van der Waals surface area contributed by atoms with Crippen LogP contribution in [0.4, 0.5) is 0 Å². The van der Waals surface area contributed by atoms with E-state index in [9.17, 15) is 4.79 Å². The molecule has 16 heavy (non-hydrogen) atoms. The predicted octanol–water partition coefficient (Wildman–Crippen LogP) is 3.20. The van der Waals surface area contributed by atoms with Crippen LogP contribution in [0.25, 0.3) is 5.57 Å². The molecule has 1 aliphatic carbocycles. The summed E-state index contributed by atoms with van der Waals surface area (Å²) < 4.78 is 0. The van der Waals surface area contributed by atoms with Crippen molar-refractivity contribution < 1.29 is 9.90 Å². The molecular weight excluding hydrogens is 200 g/mol. The van der Waals surface area contributed by atoms with Crippen LogP contribution in [0, 0.1) is 11.8 Å². The smallest absolute Gasteiger partial charge is 0.307 e. The van der Waals surface area contributed by atoms with Crippen LogP contribution in [-0.4, -0.2) is 11.1 Å². The molecule has 1 aliphatic rings. The highest BCUT2D eigenvalue weighted by molar-refractivity contribution is 5.74. The number of aliphatic carboxylic acids is 1. The van der Waals surface area contributed by atoms with E-state index in [-0.39, 0.29) is 11.8 Å². The maximum Gasteiger partial charge on any atom is 0.307 e. The predicted molar refractivity (Wildman–Crippen MR) is 63.9 cm³/mol. The number of benzene rings is 1. The lowest BCUT2D eigenvalue weighted by molar-refractivity contribution is -0.143. The normalized spacial score (nSPS) is 24.9. The van der Waals surface area contributed by atoms with Crippen molar-refractivity contribution in [3.8, 4) is 0 Å². The van der Waals surface area contributed by atoms with Gasteiger partial charge in [-0.2, -0.15) is 0 Å². The van der Waals surface area contributed by atoms with Crippen molar-refractivity contribution in [2.45, 2.75) is 19.8 Å². The van der Waals surface area contributed by atoms with Crippen molar-refractivity contribution >= 4 is 11.5 Å². The van der Waals surface area contributed by atoms with Crippen molar-refractivity contribution in [2.24, 2.45) is 11.8 Å². The van der Waals surface area contributed by atoms with Gasteiger partial charge < -0.3 is 5.11 Å². The summed E-state index contributed by atoms with van der Waals surface area (Å²) in [6, 6.07) is 10.2. The summed E-state index contributed by atoms with van der Waals surface area (Å²) in [4.78, 5) is 11.0. The van der Waals surface area contributed by atoms with Gasteiger partial charge in [0.1, 0.15) is 0 Å². The van der Waals surface area contributed by atoms with Crippen LogP contribution < -0.4 is 0 Å². The van der Waals surface area contributed by atoms with E-state index in [1.54, 1.807) is 0 Å². The first-order valence-electron chi connectivity index (χ1n) is 5.65. The van der Waals surface area contributed by atoms with Gasteiger partial charge in [0.25, 0.3) is 0 Å². The van der Waals surface area contributed by atoms with Gasteiger partial charge in [-0.15, -0.1) is 0 Å². The lowest BCUT2D eigenvalue weighted by Crippen LogP contribution is -2.24. The third-order valence-corrected chi connectivity index (χ3v) is 3.31. The first kappa shape index (κ1) is 10.9. The van der Waals surface area contributed by atoms with Crippen LogP contribution >= 0.6 is 0 Å². The molecule has 0 heterocycles. The molecule has 0 saturated carbocycles. The number of carboxylic acids is 1. The second-order valence-electron chi connectivity index (χ2n) is 4.46. The Hall–Kier alpha value is -1.57. The van der Waals surface area contributed by atoms with Crippen LogP contribution in [-0.2, 0) is 4.79 Å². The summed E-state index contributed by atoms with van der Waals surface area (Å²) in [6.45, 7) is 2.02. The monoisotopic (exact) mass is 216 g/mol. The SMILES string of the molecule is C[C@H]1CC(c2ccccc2)=CC[C@H]1C(=O)O. The van der Waals surface area contributed by atoms with Gasteiger partial charge in [-0.25, -0.2) is 0 Å². The number of rotatable bonds is 2. The Morgan fingerprint density at radius 3 is 2.56 bits per heavy atom. The van der Waals surface area contributed by atoms with Gasteiger partial charge in [0.05, 0.1) is 5.92 Å². The topological polar surface area (TPSA) is 37.3 Å². The van der Waals surface area contributed by atoms with E-state index in [4.69, 9.17) is 5.11 Å². The Morgan fingerprint density at radius 2 is 2.00 bits per heavy atom. The molecule has 2 nitrogen and oxygen atoms in total. The molecule has 0 bridgehead atoms. The Kier molecular flexibility index (Phi) is 3.09. The lowest BCUT2D eigenvalue weighted by atomic mass is 9.79. The number of hydrogen-bond acceptors (Lipinski definition) is 1. The second-order valence-corrected chi connectivity index (χ2v) is 4.46. The quantitative estimate of drug-likeness (QED) is 0.824. The Bertz CT molecular complexity index is 406. The molecule has 0 spiro atoms. The minimum atomic E-state index is -0.670. The van der Waals surface area contributed by atoms with Crippen molar-refractivity contribution in [1.82, 2.24) is 0 Å². The van der Waals surface area contributed by atoms with E-state index in [1.807, 2.05) is 25.1 Å². The van der Waals surface area contributed by atoms with Crippen LogP contribution in [0.3, 0.4) is 0 Å². The standard InChI is InChI=1S/C14H16O2/c1-10-9-12(7-8-13(10)14(15)16)11-5-3-2-4-6-11/h2-7,10,13H,8-9H2,1H3,(H,15,16)/t10-,13+/m0/s1. The Morgan fingerprint density at radius 1 is 1.31 bits per heavy atom. The Balaban J connectivity index is 2.19. The average Bonchev–Trinajstić information content (AvgIpc) is 2.29. The molecule has 0 aliphatic heterocycles. The van der Waals surface area contributed by atoms with Crippen LogP contribution in [0.15, 0.2) is 36.4 Å². The van der Waals surface area contributed by atoms with Crippen LogP contribution in [0.1, 0.15) is 25.3 Å². The van der Waals surface area contributed by atoms with E-state index in [2.05, 4.69) is 18.2 Å². The zero-order valence-corrected chi connectivity index (χ0v) is 9.39. The number of carbonyl (C=O) groups is 1. The fourth-order valence-electron chi connectivity index (χ4n) is 2.31. The van der Waals surface area contributed by atoms with Gasteiger partial charge in [0.2, 0.25) is 0 Å². The van der Waals surface area contributed by atoms with Gasteiger partial charge in [0, 0.05) is 0 Å². The molecule has 1 N–H and O–H groups in total. The largest absolute Gasteiger partial charge is 0.481 e. The summed E-state index contributed by atoms with van der Waals surface area (Å²) in [6.07, 6.45) is 3.59.